The minimum Gasteiger partial charge on any atom is -0.462 e. The maximum atomic E-state index is 12.7. The number of hydrogen-bond acceptors (Lipinski definition) is 6. The molecule has 6 nitrogen and oxygen atoms in total. The van der Waals surface area contributed by atoms with Crippen LogP contribution in [0.2, 0.25) is 0 Å². The van der Waals surface area contributed by atoms with Crippen LogP contribution in [0.3, 0.4) is 0 Å². The number of ether oxygens (including phenoxy) is 3. The number of unbranched alkanes of at least 4 members (excludes halogenated alkanes) is 34. The first-order chi connectivity index (χ1) is 36.0. The van der Waals surface area contributed by atoms with Gasteiger partial charge in [0.15, 0.2) is 6.10 Å². The second-order valence-corrected chi connectivity index (χ2v) is 20.9. The number of rotatable bonds is 57. The predicted octanol–water partition coefficient (Wildman–Crippen LogP) is 21.3. The van der Waals surface area contributed by atoms with Gasteiger partial charge in [0.1, 0.15) is 13.2 Å². The summed E-state index contributed by atoms with van der Waals surface area (Å²) in [5.41, 5.74) is 0. The van der Waals surface area contributed by atoms with Crippen LogP contribution in [-0.2, 0) is 28.6 Å². The molecule has 0 fully saturated rings. The topological polar surface area (TPSA) is 78.9 Å². The zero-order valence-corrected chi connectivity index (χ0v) is 48.4. The van der Waals surface area contributed by atoms with Gasteiger partial charge in [-0.15, -0.1) is 0 Å². The minimum absolute atomic E-state index is 0.100. The summed E-state index contributed by atoms with van der Waals surface area (Å²) in [6.07, 6.45) is 79.8. The summed E-state index contributed by atoms with van der Waals surface area (Å²) >= 11 is 0. The molecule has 0 N–H and O–H groups in total. The molecule has 0 bridgehead atoms. The molecule has 1 atom stereocenters. The van der Waals surface area contributed by atoms with Gasteiger partial charge in [0.2, 0.25) is 0 Å². The van der Waals surface area contributed by atoms with Crippen LogP contribution < -0.4 is 0 Å². The Balaban J connectivity index is 3.94. The molecule has 0 aromatic heterocycles. The van der Waals surface area contributed by atoms with E-state index in [0.717, 1.165) is 70.6 Å². The Bertz CT molecular complexity index is 1360. The van der Waals surface area contributed by atoms with Gasteiger partial charge in [0, 0.05) is 19.3 Å². The van der Waals surface area contributed by atoms with Crippen LogP contribution in [0.5, 0.6) is 0 Å². The van der Waals surface area contributed by atoms with Crippen LogP contribution in [0.25, 0.3) is 0 Å². The van der Waals surface area contributed by atoms with Crippen molar-refractivity contribution < 1.29 is 28.6 Å². The number of esters is 3. The molecule has 0 aliphatic rings. The third-order valence-corrected chi connectivity index (χ3v) is 13.7. The highest BCUT2D eigenvalue weighted by Gasteiger charge is 2.19. The molecular weight excluding hydrogens is 901 g/mol. The molecular formula is C67H118O6. The number of carbonyl (C=O) groups is 3. The van der Waals surface area contributed by atoms with Gasteiger partial charge in [-0.25, -0.2) is 0 Å². The van der Waals surface area contributed by atoms with Crippen LogP contribution in [0.1, 0.15) is 316 Å². The van der Waals surface area contributed by atoms with E-state index in [4.69, 9.17) is 14.2 Å². The molecule has 0 aromatic carbocycles. The molecule has 0 heterocycles. The molecule has 0 spiro atoms. The van der Waals surface area contributed by atoms with E-state index in [1.807, 2.05) is 12.2 Å². The van der Waals surface area contributed by atoms with Crippen LogP contribution in [-0.4, -0.2) is 37.2 Å². The van der Waals surface area contributed by atoms with E-state index >= 15 is 0 Å². The standard InChI is InChI=1S/C67H118O6/c1-4-7-10-13-16-18-20-22-23-24-25-26-27-28-29-30-31-32-33-34-35-36-37-38-39-40-41-42-43-45-46-48-51-54-57-60-66(69)72-63-64(62-71-65(68)59-56-53-50-15-12-9-6-3)73-67(70)61-58-55-52-49-47-44-21-19-17-14-11-8-5-2/h8,11,17,19-20,22,24-25,44,47,52,55,64H,4-7,9-10,12-16,18,21,23,26-43,45-46,48-51,53-54,56-63H2,1-3H3/b11-8-,19-17-,22-20-,25-24-,47-44-,55-52-. The van der Waals surface area contributed by atoms with Crippen LogP contribution in [0.15, 0.2) is 72.9 Å². The number of allylic oxidation sites excluding steroid dienone is 12. The average molecular weight is 1020 g/mol. The quantitative estimate of drug-likeness (QED) is 0.0261. The molecule has 422 valence electrons. The molecule has 0 aliphatic heterocycles. The van der Waals surface area contributed by atoms with Crippen molar-refractivity contribution in [3.63, 3.8) is 0 Å². The molecule has 0 amide bonds. The van der Waals surface area contributed by atoms with Crippen LogP contribution in [0, 0.1) is 0 Å². The fourth-order valence-corrected chi connectivity index (χ4v) is 9.02. The van der Waals surface area contributed by atoms with E-state index in [2.05, 4.69) is 81.5 Å². The lowest BCUT2D eigenvalue weighted by atomic mass is 10.0. The van der Waals surface area contributed by atoms with Crippen molar-refractivity contribution in [3.8, 4) is 0 Å². The zero-order valence-electron chi connectivity index (χ0n) is 48.4. The van der Waals surface area contributed by atoms with Crippen molar-refractivity contribution >= 4 is 17.9 Å². The molecule has 0 aromatic rings. The van der Waals surface area contributed by atoms with E-state index in [1.165, 1.54) is 199 Å². The third-order valence-electron chi connectivity index (χ3n) is 13.7. The fraction of sp³-hybridized carbons (Fsp3) is 0.776. The molecule has 0 aliphatic carbocycles. The van der Waals surface area contributed by atoms with Gasteiger partial charge in [0.25, 0.3) is 0 Å². The lowest BCUT2D eigenvalue weighted by Crippen LogP contribution is -2.30. The summed E-state index contributed by atoms with van der Waals surface area (Å²) in [5, 5.41) is 0. The van der Waals surface area contributed by atoms with E-state index in [9.17, 15) is 14.4 Å². The van der Waals surface area contributed by atoms with E-state index in [1.54, 1.807) is 0 Å². The van der Waals surface area contributed by atoms with E-state index in [-0.39, 0.29) is 37.5 Å². The SMILES string of the molecule is CC/C=C\C/C=C\C/C=C\C/C=C\CCC(=O)OC(COC(=O)CCCCCCCCC)COC(=O)CCCCCCCCCCCCCCCCCCCCCCCCC/C=C\C/C=C\CCCCCCC. The lowest BCUT2D eigenvalue weighted by molar-refractivity contribution is -0.166. The molecule has 0 rings (SSSR count). The van der Waals surface area contributed by atoms with Gasteiger partial charge in [-0.1, -0.05) is 293 Å². The summed E-state index contributed by atoms with van der Waals surface area (Å²) in [5.74, 6) is -0.981. The van der Waals surface area contributed by atoms with Crippen molar-refractivity contribution in [1.82, 2.24) is 0 Å². The Morgan fingerprint density at radius 2 is 0.562 bits per heavy atom. The van der Waals surface area contributed by atoms with Crippen molar-refractivity contribution in [2.24, 2.45) is 0 Å². The Morgan fingerprint density at radius 1 is 0.288 bits per heavy atom. The van der Waals surface area contributed by atoms with Crippen LogP contribution >= 0.6 is 0 Å². The van der Waals surface area contributed by atoms with Gasteiger partial charge in [-0.2, -0.15) is 0 Å². The summed E-state index contributed by atoms with van der Waals surface area (Å²) < 4.78 is 16.7. The Labute approximate surface area is 453 Å². The first-order valence-electron chi connectivity index (χ1n) is 31.4. The summed E-state index contributed by atoms with van der Waals surface area (Å²) in [6.45, 7) is 6.43. The molecule has 1 unspecified atom stereocenters. The van der Waals surface area contributed by atoms with Gasteiger partial charge in [-0.3, -0.25) is 14.4 Å². The average Bonchev–Trinajstić information content (AvgIpc) is 3.39. The highest BCUT2D eigenvalue weighted by Crippen LogP contribution is 2.17. The summed E-state index contributed by atoms with van der Waals surface area (Å²) in [4.78, 5) is 37.8. The molecule has 0 saturated carbocycles. The smallest absolute Gasteiger partial charge is 0.306 e. The second-order valence-electron chi connectivity index (χ2n) is 20.9. The largest absolute Gasteiger partial charge is 0.462 e. The van der Waals surface area contributed by atoms with Crippen molar-refractivity contribution in [1.29, 1.82) is 0 Å². The third kappa shape index (κ3) is 59.6. The van der Waals surface area contributed by atoms with Crippen molar-refractivity contribution in [2.45, 2.75) is 322 Å². The first kappa shape index (κ1) is 69.8. The maximum absolute atomic E-state index is 12.7. The monoisotopic (exact) mass is 1020 g/mol. The number of carbonyl (C=O) groups excluding carboxylic acids is 3. The lowest BCUT2D eigenvalue weighted by Gasteiger charge is -2.18. The normalized spacial score (nSPS) is 12.5. The maximum Gasteiger partial charge on any atom is 0.306 e. The molecule has 0 radical (unpaired) electrons. The van der Waals surface area contributed by atoms with Crippen molar-refractivity contribution in [2.75, 3.05) is 13.2 Å². The Morgan fingerprint density at radius 3 is 0.890 bits per heavy atom. The predicted molar refractivity (Wildman–Crippen MR) is 316 cm³/mol. The van der Waals surface area contributed by atoms with Crippen LogP contribution in [0.4, 0.5) is 0 Å². The van der Waals surface area contributed by atoms with E-state index in [0.29, 0.717) is 19.3 Å². The molecule has 73 heavy (non-hydrogen) atoms. The fourth-order valence-electron chi connectivity index (χ4n) is 9.02. The second kappa shape index (κ2) is 61.4. The Hall–Kier alpha value is -3.15. The van der Waals surface area contributed by atoms with Crippen molar-refractivity contribution in [3.05, 3.63) is 72.9 Å². The summed E-state index contributed by atoms with van der Waals surface area (Å²) in [6, 6.07) is 0. The molecule has 6 heteroatoms. The summed E-state index contributed by atoms with van der Waals surface area (Å²) in [7, 11) is 0. The van der Waals surface area contributed by atoms with Gasteiger partial charge in [0.05, 0.1) is 0 Å². The Kier molecular flexibility index (Phi) is 58.7. The van der Waals surface area contributed by atoms with Gasteiger partial charge >= 0.3 is 17.9 Å². The number of hydrogen-bond donors (Lipinski definition) is 0. The highest BCUT2D eigenvalue weighted by molar-refractivity contribution is 5.71. The van der Waals surface area contributed by atoms with Gasteiger partial charge < -0.3 is 14.2 Å². The minimum atomic E-state index is -0.808. The van der Waals surface area contributed by atoms with E-state index < -0.39 is 6.10 Å². The molecule has 0 saturated heterocycles. The van der Waals surface area contributed by atoms with Gasteiger partial charge in [-0.05, 0) is 77.0 Å². The zero-order chi connectivity index (χ0) is 52.9. The highest BCUT2D eigenvalue weighted by atomic mass is 16.6. The first-order valence-corrected chi connectivity index (χ1v) is 31.4.